The van der Waals surface area contributed by atoms with Crippen LogP contribution in [0, 0.1) is 11.8 Å². The van der Waals surface area contributed by atoms with E-state index in [1.807, 2.05) is 11.0 Å². The van der Waals surface area contributed by atoms with Crippen LogP contribution in [-0.4, -0.2) is 38.3 Å². The Morgan fingerprint density at radius 3 is 2.33 bits per heavy atom. The Bertz CT molecular complexity index is 339. The number of rotatable bonds is 1. The Morgan fingerprint density at radius 1 is 1.20 bits per heavy atom. The zero-order valence-corrected chi connectivity index (χ0v) is 9.59. The summed E-state index contributed by atoms with van der Waals surface area (Å²) in [5, 5.41) is 4.23. The first-order valence-corrected chi connectivity index (χ1v) is 5.66. The van der Waals surface area contributed by atoms with Gasteiger partial charge in [0.05, 0.1) is 6.04 Å². The van der Waals surface area contributed by atoms with Crippen molar-refractivity contribution in [2.45, 2.75) is 32.4 Å². The summed E-state index contributed by atoms with van der Waals surface area (Å²) in [4.78, 5) is 6.60. The van der Waals surface area contributed by atoms with Crippen molar-refractivity contribution < 1.29 is 0 Å². The minimum Gasteiger partial charge on any atom is -0.298 e. The Morgan fingerprint density at radius 2 is 1.87 bits per heavy atom. The van der Waals surface area contributed by atoms with Gasteiger partial charge in [0, 0.05) is 30.5 Å². The first-order valence-electron chi connectivity index (χ1n) is 5.66. The van der Waals surface area contributed by atoms with Gasteiger partial charge >= 0.3 is 0 Å². The lowest BCUT2D eigenvalue weighted by atomic mass is 10.1. The molecule has 1 unspecified atom stereocenters. The van der Waals surface area contributed by atoms with Gasteiger partial charge in [-0.2, -0.15) is 5.10 Å². The van der Waals surface area contributed by atoms with Crippen LogP contribution in [0.5, 0.6) is 0 Å². The largest absolute Gasteiger partial charge is 0.298 e. The van der Waals surface area contributed by atoms with Gasteiger partial charge in [0.1, 0.15) is 12.7 Å². The molecule has 2 heterocycles. The summed E-state index contributed by atoms with van der Waals surface area (Å²) in [5.41, 5.74) is 0.320. The zero-order chi connectivity index (χ0) is 10.6. The maximum absolute atomic E-state index is 4.23. The topological polar surface area (TPSA) is 34.0 Å². The van der Waals surface area contributed by atoms with E-state index < -0.39 is 0 Å². The summed E-state index contributed by atoms with van der Waals surface area (Å²) in [6, 6.07) is 0.631. The van der Waals surface area contributed by atoms with E-state index >= 15 is 0 Å². The number of hydrogen-bond acceptors (Lipinski definition) is 3. The molecule has 4 heteroatoms. The monoisotopic (exact) mass is 206 g/mol. The van der Waals surface area contributed by atoms with Crippen LogP contribution in [0.25, 0.3) is 0 Å². The van der Waals surface area contributed by atoms with Gasteiger partial charge in [-0.15, -0.1) is 0 Å². The van der Waals surface area contributed by atoms with Crippen molar-refractivity contribution >= 4 is 0 Å². The molecule has 0 spiro atoms. The number of hydrogen-bond donors (Lipinski definition) is 0. The summed E-state index contributed by atoms with van der Waals surface area (Å²) in [6.45, 7) is 9.32. The van der Waals surface area contributed by atoms with Crippen LogP contribution < -0.4 is 0 Å². The highest BCUT2D eigenvalue weighted by Gasteiger charge is 2.58. The molecule has 0 radical (unpaired) electrons. The Balaban J connectivity index is 1.67. The van der Waals surface area contributed by atoms with Crippen LogP contribution in [0.1, 0.15) is 26.8 Å². The van der Waals surface area contributed by atoms with Crippen LogP contribution in [0.15, 0.2) is 12.7 Å². The molecule has 1 saturated carbocycles. The number of aromatic nitrogens is 3. The summed E-state index contributed by atoms with van der Waals surface area (Å²) >= 11 is 0. The second-order valence-electron chi connectivity index (χ2n) is 5.77. The summed E-state index contributed by atoms with van der Waals surface area (Å²) < 4.78 is 2.04. The SMILES string of the molecule is CC(C)(C)N1C[C@@H]2C(n3cncn3)[C@@H]2C1. The molecule has 82 valence electrons. The lowest BCUT2D eigenvalue weighted by Crippen LogP contribution is -2.41. The fourth-order valence-corrected chi connectivity index (χ4v) is 2.81. The van der Waals surface area contributed by atoms with E-state index in [-0.39, 0.29) is 0 Å². The number of nitrogens with zero attached hydrogens (tertiary/aromatic N) is 4. The van der Waals surface area contributed by atoms with Crippen molar-refractivity contribution in [2.24, 2.45) is 11.8 Å². The van der Waals surface area contributed by atoms with Gasteiger partial charge < -0.3 is 0 Å². The van der Waals surface area contributed by atoms with E-state index in [0.717, 1.165) is 11.8 Å². The molecular weight excluding hydrogens is 188 g/mol. The lowest BCUT2D eigenvalue weighted by molar-refractivity contribution is 0.146. The Labute approximate surface area is 90.3 Å². The van der Waals surface area contributed by atoms with Crippen LogP contribution in [0.4, 0.5) is 0 Å². The van der Waals surface area contributed by atoms with Crippen molar-refractivity contribution in [1.29, 1.82) is 0 Å². The predicted molar refractivity (Wildman–Crippen MR) is 57.4 cm³/mol. The molecule has 3 rings (SSSR count). The van der Waals surface area contributed by atoms with E-state index in [4.69, 9.17) is 0 Å². The summed E-state index contributed by atoms with van der Waals surface area (Å²) in [5.74, 6) is 1.62. The van der Waals surface area contributed by atoms with Crippen LogP contribution in [0.2, 0.25) is 0 Å². The first-order chi connectivity index (χ1) is 7.07. The molecule has 1 aliphatic heterocycles. The summed E-state index contributed by atoms with van der Waals surface area (Å²) in [7, 11) is 0. The van der Waals surface area contributed by atoms with Crippen LogP contribution in [0.3, 0.4) is 0 Å². The van der Waals surface area contributed by atoms with Gasteiger partial charge in [0.15, 0.2) is 0 Å². The average Bonchev–Trinajstić information content (AvgIpc) is 2.63. The molecular formula is C11H18N4. The maximum atomic E-state index is 4.23. The van der Waals surface area contributed by atoms with E-state index in [0.29, 0.717) is 11.6 Å². The minimum atomic E-state index is 0.320. The fraction of sp³-hybridized carbons (Fsp3) is 0.818. The molecule has 0 N–H and O–H groups in total. The van der Waals surface area contributed by atoms with Crippen LogP contribution >= 0.6 is 0 Å². The zero-order valence-electron chi connectivity index (χ0n) is 9.59. The number of fused-ring (bicyclic) bond motifs is 1. The third-order valence-corrected chi connectivity index (χ3v) is 3.84. The standard InChI is InChI=1S/C11H18N4/c1-11(2,3)14-4-8-9(5-14)10(8)15-7-12-6-13-15/h6-10H,4-5H2,1-3H3/t8-,9+,10?. The van der Waals surface area contributed by atoms with E-state index in [9.17, 15) is 0 Å². The second-order valence-corrected chi connectivity index (χ2v) is 5.77. The predicted octanol–water partition coefficient (Wildman–Crippen LogP) is 1.18. The lowest BCUT2D eigenvalue weighted by Gasteiger charge is -2.33. The van der Waals surface area contributed by atoms with E-state index in [1.165, 1.54) is 13.1 Å². The van der Waals surface area contributed by atoms with Gasteiger partial charge in [0.2, 0.25) is 0 Å². The minimum absolute atomic E-state index is 0.320. The van der Waals surface area contributed by atoms with Crippen molar-refractivity contribution in [3.05, 3.63) is 12.7 Å². The smallest absolute Gasteiger partial charge is 0.137 e. The Kier molecular flexibility index (Phi) is 1.75. The van der Waals surface area contributed by atoms with Gasteiger partial charge in [0.25, 0.3) is 0 Å². The molecule has 0 aromatic carbocycles. The van der Waals surface area contributed by atoms with Crippen molar-refractivity contribution in [2.75, 3.05) is 13.1 Å². The van der Waals surface area contributed by atoms with E-state index in [2.05, 4.69) is 35.8 Å². The fourth-order valence-electron chi connectivity index (χ4n) is 2.81. The molecule has 1 aromatic rings. The molecule has 0 amide bonds. The highest BCUT2D eigenvalue weighted by molar-refractivity contribution is 5.09. The third kappa shape index (κ3) is 1.39. The number of piperidine rings is 1. The molecule has 1 saturated heterocycles. The molecule has 2 fully saturated rings. The molecule has 15 heavy (non-hydrogen) atoms. The van der Waals surface area contributed by atoms with Crippen molar-refractivity contribution in [1.82, 2.24) is 19.7 Å². The van der Waals surface area contributed by atoms with Gasteiger partial charge in [-0.25, -0.2) is 9.67 Å². The first kappa shape index (κ1) is 9.33. The molecule has 1 aliphatic carbocycles. The second kappa shape index (κ2) is 2.82. The normalized spacial score (nSPS) is 35.5. The third-order valence-electron chi connectivity index (χ3n) is 3.84. The van der Waals surface area contributed by atoms with Crippen molar-refractivity contribution in [3.63, 3.8) is 0 Å². The molecule has 1 aromatic heterocycles. The van der Waals surface area contributed by atoms with E-state index in [1.54, 1.807) is 6.33 Å². The Hall–Kier alpha value is -0.900. The molecule has 3 atom stereocenters. The number of likely N-dealkylation sites (tertiary alicyclic amines) is 1. The summed E-state index contributed by atoms with van der Waals surface area (Å²) in [6.07, 6.45) is 3.49. The molecule has 2 aliphatic rings. The van der Waals surface area contributed by atoms with Gasteiger partial charge in [-0.05, 0) is 20.8 Å². The maximum Gasteiger partial charge on any atom is 0.137 e. The van der Waals surface area contributed by atoms with Crippen molar-refractivity contribution in [3.8, 4) is 0 Å². The highest BCUT2D eigenvalue weighted by atomic mass is 15.4. The quantitative estimate of drug-likeness (QED) is 0.692. The van der Waals surface area contributed by atoms with Gasteiger partial charge in [-0.1, -0.05) is 0 Å². The molecule has 4 nitrogen and oxygen atoms in total. The van der Waals surface area contributed by atoms with Crippen LogP contribution in [-0.2, 0) is 0 Å². The molecule has 0 bridgehead atoms. The van der Waals surface area contributed by atoms with Gasteiger partial charge in [-0.3, -0.25) is 4.90 Å². The highest BCUT2D eigenvalue weighted by Crippen LogP contribution is 2.55. The average molecular weight is 206 g/mol.